The summed E-state index contributed by atoms with van der Waals surface area (Å²) in [5.74, 6) is -1.38. The molecule has 3 aromatic heterocycles. The fourth-order valence-corrected chi connectivity index (χ4v) is 6.45. The molecule has 2 aliphatic heterocycles. The van der Waals surface area contributed by atoms with Gasteiger partial charge < -0.3 is 29.5 Å². The topological polar surface area (TPSA) is 159 Å². The van der Waals surface area contributed by atoms with Crippen LogP contribution in [0.5, 0.6) is 5.75 Å². The molecule has 51 heavy (non-hydrogen) atoms. The highest BCUT2D eigenvalue weighted by Crippen LogP contribution is 2.34. The van der Waals surface area contributed by atoms with Crippen molar-refractivity contribution in [2.45, 2.75) is 39.5 Å². The Balaban J connectivity index is 1.34. The zero-order chi connectivity index (χ0) is 36.4. The molecule has 18 heteroatoms. The number of aryl methyl sites for hydroxylation is 1. The van der Waals surface area contributed by atoms with Gasteiger partial charge in [0.25, 0.3) is 5.91 Å². The summed E-state index contributed by atoms with van der Waals surface area (Å²) in [6.45, 7) is 6.89. The van der Waals surface area contributed by atoms with Gasteiger partial charge in [0.2, 0.25) is 11.3 Å². The number of aromatic hydroxyl groups is 1. The highest BCUT2D eigenvalue weighted by molar-refractivity contribution is 6.33. The standard InChI is InChI=1S/C33H35ClF3N9O5/c1-3-24-28(44-6-8-45(9-7-44)32(50)27-29(48)19(2)39-18-40-27)30(49)26-31(38-15-21(41-26)16-43-10-12-51-13-11-43)46(24)17-25(47)42-23-5-4-20(14-22(23)34)33(35,36)37/h4-5,14-15,18,48H,3,6-13,16-17H2,1-2H3,(H,42,47). The van der Waals surface area contributed by atoms with Gasteiger partial charge >= 0.3 is 6.18 Å². The lowest BCUT2D eigenvalue weighted by molar-refractivity contribution is -0.137. The van der Waals surface area contributed by atoms with E-state index in [-0.39, 0.29) is 77.2 Å². The molecule has 0 bridgehead atoms. The van der Waals surface area contributed by atoms with Gasteiger partial charge in [0.05, 0.1) is 47.1 Å². The predicted molar refractivity (Wildman–Crippen MR) is 181 cm³/mol. The predicted octanol–water partition coefficient (Wildman–Crippen LogP) is 3.26. The molecule has 14 nitrogen and oxygen atoms in total. The van der Waals surface area contributed by atoms with Crippen molar-refractivity contribution in [3.05, 3.63) is 74.3 Å². The summed E-state index contributed by atoms with van der Waals surface area (Å²) >= 11 is 6.12. The average molecular weight is 730 g/mol. The monoisotopic (exact) mass is 729 g/mol. The molecule has 0 saturated carbocycles. The minimum absolute atomic E-state index is 0.0112. The molecule has 4 aromatic rings. The van der Waals surface area contributed by atoms with E-state index in [1.807, 2.05) is 11.8 Å². The Kier molecular flexibility index (Phi) is 10.4. The molecule has 0 radical (unpaired) electrons. The molecule has 270 valence electrons. The molecule has 6 rings (SSSR count). The lowest BCUT2D eigenvalue weighted by Crippen LogP contribution is -2.50. The summed E-state index contributed by atoms with van der Waals surface area (Å²) in [7, 11) is 0. The molecule has 2 aliphatic rings. The van der Waals surface area contributed by atoms with E-state index >= 15 is 0 Å². The Morgan fingerprint density at radius 1 is 1.06 bits per heavy atom. The fraction of sp³-hybridized carbons (Fsp3) is 0.424. The number of hydrogen-bond acceptors (Lipinski definition) is 11. The van der Waals surface area contributed by atoms with Crippen LogP contribution in [0.2, 0.25) is 5.02 Å². The van der Waals surface area contributed by atoms with Crippen LogP contribution in [0.15, 0.2) is 35.5 Å². The van der Waals surface area contributed by atoms with Crippen molar-refractivity contribution in [3.8, 4) is 5.75 Å². The van der Waals surface area contributed by atoms with E-state index in [4.69, 9.17) is 21.3 Å². The van der Waals surface area contributed by atoms with Gasteiger partial charge in [-0.15, -0.1) is 0 Å². The Morgan fingerprint density at radius 3 is 2.45 bits per heavy atom. The molecule has 5 heterocycles. The second-order valence-electron chi connectivity index (χ2n) is 12.2. The highest BCUT2D eigenvalue weighted by Gasteiger charge is 2.32. The average Bonchev–Trinajstić information content (AvgIpc) is 3.11. The number of halogens is 4. The number of fused-ring (bicyclic) bond motifs is 1. The number of hydrogen-bond donors (Lipinski definition) is 2. The first-order valence-electron chi connectivity index (χ1n) is 16.3. The summed E-state index contributed by atoms with van der Waals surface area (Å²) in [6, 6.07) is 2.64. The Labute approximate surface area is 294 Å². The number of benzene rings is 1. The van der Waals surface area contributed by atoms with E-state index in [1.54, 1.807) is 17.7 Å². The van der Waals surface area contributed by atoms with Gasteiger partial charge in [0.1, 0.15) is 18.6 Å². The van der Waals surface area contributed by atoms with Crippen LogP contribution in [0, 0.1) is 6.92 Å². The summed E-state index contributed by atoms with van der Waals surface area (Å²) in [5.41, 5.74) is 0.374. The number of rotatable bonds is 8. The molecular formula is C33H35ClF3N9O5. The van der Waals surface area contributed by atoms with Gasteiger partial charge in [0, 0.05) is 51.5 Å². The van der Waals surface area contributed by atoms with Crippen molar-refractivity contribution in [2.24, 2.45) is 0 Å². The van der Waals surface area contributed by atoms with Crippen molar-refractivity contribution >= 4 is 46.0 Å². The number of morpholine rings is 1. The maximum Gasteiger partial charge on any atom is 0.416 e. The molecule has 1 aromatic carbocycles. The second-order valence-corrected chi connectivity index (χ2v) is 12.6. The summed E-state index contributed by atoms with van der Waals surface area (Å²) in [4.78, 5) is 63.8. The van der Waals surface area contributed by atoms with Crippen LogP contribution >= 0.6 is 11.6 Å². The van der Waals surface area contributed by atoms with E-state index in [9.17, 15) is 32.7 Å². The van der Waals surface area contributed by atoms with Gasteiger partial charge in [-0.2, -0.15) is 13.2 Å². The maximum absolute atomic E-state index is 14.3. The summed E-state index contributed by atoms with van der Waals surface area (Å²) in [6.07, 6.45) is -1.53. The van der Waals surface area contributed by atoms with Crippen LogP contribution in [0.3, 0.4) is 0 Å². The van der Waals surface area contributed by atoms with Crippen molar-refractivity contribution < 1.29 is 32.6 Å². The molecule has 0 aliphatic carbocycles. The normalized spacial score (nSPS) is 15.7. The molecule has 2 amide bonds. The van der Waals surface area contributed by atoms with Gasteiger partial charge in [-0.3, -0.25) is 19.3 Å². The number of nitrogens with zero attached hydrogens (tertiary/aromatic N) is 8. The lowest BCUT2D eigenvalue weighted by Gasteiger charge is -2.37. The lowest BCUT2D eigenvalue weighted by atomic mass is 10.1. The van der Waals surface area contributed by atoms with Gasteiger partial charge in [-0.1, -0.05) is 18.5 Å². The van der Waals surface area contributed by atoms with E-state index in [1.165, 1.54) is 11.2 Å². The smallest absolute Gasteiger partial charge is 0.416 e. The Hall–Kier alpha value is -4.87. The number of carbonyl (C=O) groups excluding carboxylic acids is 2. The SMILES string of the molecule is CCc1c(N2CCN(C(=O)c3ncnc(C)c3O)CC2)c(=O)c2nc(CN3CCOCC3)cnc2n1CC(=O)Nc1ccc(C(F)(F)F)cc1Cl. The summed E-state index contributed by atoms with van der Waals surface area (Å²) < 4.78 is 46.6. The summed E-state index contributed by atoms with van der Waals surface area (Å²) in [5, 5.41) is 12.7. The van der Waals surface area contributed by atoms with E-state index in [0.717, 1.165) is 18.2 Å². The first-order chi connectivity index (χ1) is 24.3. The van der Waals surface area contributed by atoms with Crippen LogP contribution < -0.4 is 15.6 Å². The molecule has 2 N–H and O–H groups in total. The van der Waals surface area contributed by atoms with Crippen LogP contribution in [-0.4, -0.2) is 104 Å². The highest BCUT2D eigenvalue weighted by atomic mass is 35.5. The Morgan fingerprint density at radius 2 is 1.78 bits per heavy atom. The zero-order valence-corrected chi connectivity index (χ0v) is 28.6. The number of carbonyl (C=O) groups is 2. The largest absolute Gasteiger partial charge is 0.504 e. The van der Waals surface area contributed by atoms with E-state index in [0.29, 0.717) is 56.3 Å². The molecule has 0 spiro atoms. The Bertz CT molecular complexity index is 2030. The van der Waals surface area contributed by atoms with Crippen LogP contribution in [0.1, 0.15) is 40.1 Å². The number of nitrogens with one attached hydrogen (secondary N) is 1. The van der Waals surface area contributed by atoms with Gasteiger partial charge in [-0.05, 0) is 31.5 Å². The van der Waals surface area contributed by atoms with Crippen molar-refractivity contribution in [2.75, 3.05) is 62.7 Å². The number of aromatic nitrogens is 5. The molecule has 2 fully saturated rings. The van der Waals surface area contributed by atoms with Gasteiger partial charge in [0.15, 0.2) is 22.6 Å². The minimum Gasteiger partial charge on any atom is -0.504 e. The molecule has 2 saturated heterocycles. The van der Waals surface area contributed by atoms with Crippen molar-refractivity contribution in [1.29, 1.82) is 0 Å². The molecular weight excluding hydrogens is 695 g/mol. The number of ether oxygens (including phenoxy) is 1. The van der Waals surface area contributed by atoms with Crippen LogP contribution in [0.25, 0.3) is 11.2 Å². The quantitative estimate of drug-likeness (QED) is 0.274. The number of amides is 2. The van der Waals surface area contributed by atoms with Crippen molar-refractivity contribution in [3.63, 3.8) is 0 Å². The van der Waals surface area contributed by atoms with E-state index < -0.39 is 23.6 Å². The fourth-order valence-electron chi connectivity index (χ4n) is 6.22. The second kappa shape index (κ2) is 14.8. The zero-order valence-electron chi connectivity index (χ0n) is 27.8. The first kappa shape index (κ1) is 35.9. The number of piperazine rings is 1. The third-order valence-corrected chi connectivity index (χ3v) is 9.19. The number of anilines is 2. The third kappa shape index (κ3) is 7.60. The number of alkyl halides is 3. The van der Waals surface area contributed by atoms with Crippen LogP contribution in [0.4, 0.5) is 24.5 Å². The van der Waals surface area contributed by atoms with Crippen molar-refractivity contribution in [1.82, 2.24) is 34.3 Å². The number of pyridine rings is 1. The molecule has 0 unspecified atom stereocenters. The molecule has 0 atom stereocenters. The third-order valence-electron chi connectivity index (χ3n) is 8.88. The van der Waals surface area contributed by atoms with Crippen LogP contribution in [-0.2, 0) is 35.2 Å². The first-order valence-corrected chi connectivity index (χ1v) is 16.7. The van der Waals surface area contributed by atoms with Gasteiger partial charge in [-0.25, -0.2) is 19.9 Å². The maximum atomic E-state index is 14.3. The van der Waals surface area contributed by atoms with E-state index in [2.05, 4.69) is 25.2 Å². The minimum atomic E-state index is -4.61.